The summed E-state index contributed by atoms with van der Waals surface area (Å²) in [6.07, 6.45) is 5.15. The van der Waals surface area contributed by atoms with E-state index in [1.54, 1.807) is 6.92 Å². The molecule has 1 aliphatic carbocycles. The number of aliphatic carboxylic acids is 1. The maximum absolute atomic E-state index is 11.7. The van der Waals surface area contributed by atoms with Gasteiger partial charge in [0.05, 0.1) is 5.41 Å². The van der Waals surface area contributed by atoms with Crippen molar-refractivity contribution < 1.29 is 14.7 Å². The number of rotatable bonds is 7. The molecule has 110 valence electrons. The van der Waals surface area contributed by atoms with Gasteiger partial charge >= 0.3 is 12.0 Å². The number of amides is 2. The van der Waals surface area contributed by atoms with Crippen LogP contribution in [0.1, 0.15) is 52.9 Å². The number of nitrogens with one attached hydrogen (secondary N) is 2. The van der Waals surface area contributed by atoms with Crippen LogP contribution in [-0.2, 0) is 4.79 Å². The topological polar surface area (TPSA) is 78.4 Å². The van der Waals surface area contributed by atoms with Crippen LogP contribution in [0.4, 0.5) is 4.79 Å². The maximum atomic E-state index is 11.7. The predicted octanol–water partition coefficient (Wildman–Crippen LogP) is 2.37. The fraction of sp³-hybridized carbons (Fsp3) is 0.857. The summed E-state index contributed by atoms with van der Waals surface area (Å²) in [5, 5.41) is 14.7. The number of hydrogen-bond acceptors (Lipinski definition) is 2. The molecule has 3 N–H and O–H groups in total. The van der Waals surface area contributed by atoms with E-state index in [1.807, 2.05) is 6.92 Å². The summed E-state index contributed by atoms with van der Waals surface area (Å²) < 4.78 is 0. The van der Waals surface area contributed by atoms with Crippen molar-refractivity contribution in [2.24, 2.45) is 10.8 Å². The van der Waals surface area contributed by atoms with Gasteiger partial charge in [0.2, 0.25) is 0 Å². The fourth-order valence-corrected chi connectivity index (χ4v) is 2.29. The monoisotopic (exact) mass is 270 g/mol. The van der Waals surface area contributed by atoms with E-state index in [0.29, 0.717) is 13.0 Å². The zero-order valence-corrected chi connectivity index (χ0v) is 12.2. The summed E-state index contributed by atoms with van der Waals surface area (Å²) in [7, 11) is 0. The summed E-state index contributed by atoms with van der Waals surface area (Å²) >= 11 is 0. The first kappa shape index (κ1) is 15.8. The largest absolute Gasteiger partial charge is 0.481 e. The van der Waals surface area contributed by atoms with Gasteiger partial charge in [0.1, 0.15) is 0 Å². The molecule has 0 radical (unpaired) electrons. The lowest BCUT2D eigenvalue weighted by Crippen LogP contribution is -2.48. The molecule has 0 aliphatic heterocycles. The van der Waals surface area contributed by atoms with Crippen molar-refractivity contribution in [2.75, 3.05) is 13.1 Å². The van der Waals surface area contributed by atoms with E-state index >= 15 is 0 Å². The second kappa shape index (κ2) is 6.26. The zero-order chi connectivity index (χ0) is 14.5. The Hall–Kier alpha value is -1.26. The lowest BCUT2D eigenvalue weighted by atomic mass is 9.67. The molecule has 0 aromatic rings. The molecule has 0 saturated heterocycles. The highest BCUT2D eigenvalue weighted by Gasteiger charge is 2.35. The van der Waals surface area contributed by atoms with Crippen LogP contribution in [0.5, 0.6) is 0 Å². The summed E-state index contributed by atoms with van der Waals surface area (Å²) in [6.45, 7) is 6.45. The van der Waals surface area contributed by atoms with E-state index in [4.69, 9.17) is 5.11 Å². The van der Waals surface area contributed by atoms with Gasteiger partial charge in [-0.05, 0) is 38.0 Å². The first-order chi connectivity index (χ1) is 8.87. The molecule has 1 atom stereocenters. The Kier molecular flexibility index (Phi) is 5.20. The number of carboxylic acid groups (broad SMARTS) is 1. The third kappa shape index (κ3) is 3.85. The second-order valence-electron chi connectivity index (χ2n) is 5.96. The summed E-state index contributed by atoms with van der Waals surface area (Å²) in [5.41, 5.74) is -0.617. The fourth-order valence-electron chi connectivity index (χ4n) is 2.29. The molecule has 0 aromatic carbocycles. The molecule has 0 spiro atoms. The quantitative estimate of drug-likeness (QED) is 0.664. The smallest absolute Gasteiger partial charge is 0.314 e. The molecule has 5 nitrogen and oxygen atoms in total. The van der Waals surface area contributed by atoms with E-state index < -0.39 is 11.4 Å². The first-order valence-corrected chi connectivity index (χ1v) is 7.12. The Morgan fingerprint density at radius 2 is 1.89 bits per heavy atom. The second-order valence-corrected chi connectivity index (χ2v) is 5.96. The van der Waals surface area contributed by atoms with Crippen LogP contribution in [0.3, 0.4) is 0 Å². The van der Waals surface area contributed by atoms with Gasteiger partial charge in [0, 0.05) is 13.1 Å². The number of hydrogen-bond donors (Lipinski definition) is 3. The first-order valence-electron chi connectivity index (χ1n) is 7.12. The van der Waals surface area contributed by atoms with E-state index in [2.05, 4.69) is 17.6 Å². The van der Waals surface area contributed by atoms with Gasteiger partial charge in [-0.3, -0.25) is 4.79 Å². The summed E-state index contributed by atoms with van der Waals surface area (Å²) in [5.74, 6) is -0.876. The third-order valence-corrected chi connectivity index (χ3v) is 4.72. The average Bonchev–Trinajstić information content (AvgIpc) is 2.35. The molecule has 2 amide bonds. The van der Waals surface area contributed by atoms with Crippen molar-refractivity contribution in [3.63, 3.8) is 0 Å². The standard InChI is InChI=1S/C14H26N2O3/c1-4-13(3,11(17)18)9-15-12(19)16-10-14(5-2)7-6-8-14/h4-10H2,1-3H3,(H,17,18)(H2,15,16,19). The lowest BCUT2D eigenvalue weighted by Gasteiger charge is -2.41. The van der Waals surface area contributed by atoms with Gasteiger partial charge in [-0.25, -0.2) is 4.79 Å². The van der Waals surface area contributed by atoms with Gasteiger partial charge in [0.25, 0.3) is 0 Å². The lowest BCUT2D eigenvalue weighted by molar-refractivity contribution is -0.147. The highest BCUT2D eigenvalue weighted by molar-refractivity contribution is 5.77. The Morgan fingerprint density at radius 3 is 2.26 bits per heavy atom. The normalized spacial score (nSPS) is 19.9. The maximum Gasteiger partial charge on any atom is 0.314 e. The van der Waals surface area contributed by atoms with Crippen LogP contribution in [-0.4, -0.2) is 30.2 Å². The number of carboxylic acids is 1. The molecule has 0 aromatic heterocycles. The molecule has 0 heterocycles. The van der Waals surface area contributed by atoms with Crippen molar-refractivity contribution >= 4 is 12.0 Å². The molecule has 1 unspecified atom stereocenters. The Bertz CT molecular complexity index is 334. The molecule has 0 bridgehead atoms. The molecule has 5 heteroatoms. The minimum Gasteiger partial charge on any atom is -0.481 e. The van der Waals surface area contributed by atoms with E-state index in [-0.39, 0.29) is 18.0 Å². The molecule has 1 saturated carbocycles. The van der Waals surface area contributed by atoms with Gasteiger partial charge in [-0.2, -0.15) is 0 Å². The van der Waals surface area contributed by atoms with Crippen LogP contribution in [0.2, 0.25) is 0 Å². The Morgan fingerprint density at radius 1 is 1.26 bits per heavy atom. The molecule has 1 fully saturated rings. The van der Waals surface area contributed by atoms with Crippen molar-refractivity contribution in [2.45, 2.75) is 52.9 Å². The van der Waals surface area contributed by atoms with Crippen LogP contribution in [0.25, 0.3) is 0 Å². The molecule has 1 aliphatic rings. The van der Waals surface area contributed by atoms with Crippen LogP contribution < -0.4 is 10.6 Å². The van der Waals surface area contributed by atoms with Crippen molar-refractivity contribution in [3.05, 3.63) is 0 Å². The molecular formula is C14H26N2O3. The van der Waals surface area contributed by atoms with Crippen molar-refractivity contribution in [1.29, 1.82) is 0 Å². The Balaban J connectivity index is 2.33. The van der Waals surface area contributed by atoms with Crippen molar-refractivity contribution in [3.8, 4) is 0 Å². The van der Waals surface area contributed by atoms with Crippen molar-refractivity contribution in [1.82, 2.24) is 10.6 Å². The average molecular weight is 270 g/mol. The molecule has 1 rings (SSSR count). The number of urea groups is 1. The predicted molar refractivity (Wildman–Crippen MR) is 74.0 cm³/mol. The SMILES string of the molecule is CCC1(CNC(=O)NCC(C)(CC)C(=O)O)CCC1. The highest BCUT2D eigenvalue weighted by Crippen LogP contribution is 2.42. The summed E-state index contributed by atoms with van der Waals surface area (Å²) in [6, 6.07) is -0.263. The van der Waals surface area contributed by atoms with Crippen LogP contribution in [0.15, 0.2) is 0 Å². The van der Waals surface area contributed by atoms with Crippen LogP contribution in [0, 0.1) is 10.8 Å². The van der Waals surface area contributed by atoms with Gasteiger partial charge in [-0.15, -0.1) is 0 Å². The van der Waals surface area contributed by atoms with Gasteiger partial charge < -0.3 is 15.7 Å². The van der Waals surface area contributed by atoms with Crippen LogP contribution >= 0.6 is 0 Å². The van der Waals surface area contributed by atoms with Gasteiger partial charge in [-0.1, -0.05) is 20.3 Å². The number of carbonyl (C=O) groups is 2. The van der Waals surface area contributed by atoms with E-state index in [9.17, 15) is 9.59 Å². The summed E-state index contributed by atoms with van der Waals surface area (Å²) in [4.78, 5) is 22.8. The molecular weight excluding hydrogens is 244 g/mol. The number of carbonyl (C=O) groups excluding carboxylic acids is 1. The van der Waals surface area contributed by atoms with E-state index in [0.717, 1.165) is 6.42 Å². The zero-order valence-electron chi connectivity index (χ0n) is 12.2. The minimum absolute atomic E-state index is 0.157. The Labute approximate surface area is 115 Å². The highest BCUT2D eigenvalue weighted by atomic mass is 16.4. The third-order valence-electron chi connectivity index (χ3n) is 4.72. The van der Waals surface area contributed by atoms with E-state index in [1.165, 1.54) is 19.3 Å². The van der Waals surface area contributed by atoms with Gasteiger partial charge in [0.15, 0.2) is 0 Å². The molecule has 19 heavy (non-hydrogen) atoms. The minimum atomic E-state index is -0.893.